The zero-order valence-corrected chi connectivity index (χ0v) is 11.4. The number of benzene rings is 1. The zero-order chi connectivity index (χ0) is 15.4. The number of hydrogen-bond donors (Lipinski definition) is 2. The lowest BCUT2D eigenvalue weighted by atomic mass is 9.99. The van der Waals surface area contributed by atoms with Gasteiger partial charge in [0.25, 0.3) is 11.6 Å². The molecule has 2 N–H and O–H groups in total. The van der Waals surface area contributed by atoms with E-state index in [1.165, 1.54) is 25.1 Å². The van der Waals surface area contributed by atoms with Gasteiger partial charge in [0, 0.05) is 17.2 Å². The highest BCUT2D eigenvalue weighted by molar-refractivity contribution is 5.97. The summed E-state index contributed by atoms with van der Waals surface area (Å²) in [5.74, 6) is -1.88. The summed E-state index contributed by atoms with van der Waals surface area (Å²) in [4.78, 5) is 32.9. The molecule has 108 valence electrons. The molecule has 0 bridgehead atoms. The lowest BCUT2D eigenvalue weighted by molar-refractivity contribution is -0.385. The third-order valence-electron chi connectivity index (χ3n) is 2.83. The first-order valence-electron chi connectivity index (χ1n) is 6.06. The Labute approximate surface area is 115 Å². The third kappa shape index (κ3) is 3.53. The normalized spacial score (nSPS) is 12.0. The van der Waals surface area contributed by atoms with Crippen molar-refractivity contribution in [2.45, 2.75) is 32.7 Å². The molecule has 0 saturated carbocycles. The Bertz CT molecular complexity index is 554. The van der Waals surface area contributed by atoms with Crippen molar-refractivity contribution in [3.63, 3.8) is 0 Å². The van der Waals surface area contributed by atoms with Crippen LogP contribution in [0.4, 0.5) is 5.69 Å². The summed E-state index contributed by atoms with van der Waals surface area (Å²) in [6.07, 6.45) is 0. The van der Waals surface area contributed by atoms with E-state index in [1.807, 2.05) is 13.8 Å². The Kier molecular flexibility index (Phi) is 4.79. The number of nitrogens with zero attached hydrogens (tertiary/aromatic N) is 1. The van der Waals surface area contributed by atoms with Crippen LogP contribution in [0.2, 0.25) is 0 Å². The molecule has 0 heterocycles. The predicted molar refractivity (Wildman–Crippen MR) is 71.7 cm³/mol. The van der Waals surface area contributed by atoms with Gasteiger partial charge in [-0.1, -0.05) is 19.9 Å². The van der Waals surface area contributed by atoms with Gasteiger partial charge in [-0.05, 0) is 18.9 Å². The van der Waals surface area contributed by atoms with Crippen molar-refractivity contribution in [2.75, 3.05) is 0 Å². The number of nitro groups is 1. The molecule has 0 fully saturated rings. The molecule has 0 aliphatic heterocycles. The first-order valence-corrected chi connectivity index (χ1v) is 6.06. The molecule has 1 unspecified atom stereocenters. The Hall–Kier alpha value is -2.44. The number of aliphatic carboxylic acids is 1. The minimum atomic E-state index is -1.17. The fourth-order valence-corrected chi connectivity index (χ4v) is 1.67. The minimum Gasteiger partial charge on any atom is -0.480 e. The van der Waals surface area contributed by atoms with Crippen LogP contribution in [0.3, 0.4) is 0 Å². The van der Waals surface area contributed by atoms with Crippen LogP contribution in [0, 0.1) is 10.1 Å². The molecule has 0 spiro atoms. The molecule has 20 heavy (non-hydrogen) atoms. The highest BCUT2D eigenvalue weighted by atomic mass is 16.6. The fraction of sp³-hybridized carbons (Fsp3) is 0.385. The van der Waals surface area contributed by atoms with E-state index in [0.29, 0.717) is 5.56 Å². The summed E-state index contributed by atoms with van der Waals surface area (Å²) in [5.41, 5.74) is 0.447. The fourth-order valence-electron chi connectivity index (χ4n) is 1.67. The summed E-state index contributed by atoms with van der Waals surface area (Å²) < 4.78 is 0. The SMILES string of the molecule is CC(NC(=O)c1ccc(C(C)C)c([N+](=O)[O-])c1)C(=O)O. The van der Waals surface area contributed by atoms with E-state index in [1.54, 1.807) is 0 Å². The van der Waals surface area contributed by atoms with E-state index in [9.17, 15) is 19.7 Å². The number of carbonyl (C=O) groups excluding carboxylic acids is 1. The minimum absolute atomic E-state index is 0.0505. The second-order valence-corrected chi connectivity index (χ2v) is 4.72. The summed E-state index contributed by atoms with van der Waals surface area (Å²) in [6, 6.07) is 3.07. The molecule has 0 aliphatic rings. The van der Waals surface area contributed by atoms with E-state index in [-0.39, 0.29) is 17.2 Å². The Morgan fingerprint density at radius 2 is 1.90 bits per heavy atom. The van der Waals surface area contributed by atoms with Gasteiger partial charge in [0.1, 0.15) is 6.04 Å². The number of carboxylic acids is 1. The molecule has 1 aromatic carbocycles. The van der Waals surface area contributed by atoms with E-state index >= 15 is 0 Å². The number of carboxylic acid groups (broad SMARTS) is 1. The van der Waals surface area contributed by atoms with Gasteiger partial charge in [-0.2, -0.15) is 0 Å². The Morgan fingerprint density at radius 1 is 1.30 bits per heavy atom. The molecule has 1 atom stereocenters. The van der Waals surface area contributed by atoms with Crippen molar-refractivity contribution in [2.24, 2.45) is 0 Å². The third-order valence-corrected chi connectivity index (χ3v) is 2.83. The molecular weight excluding hydrogens is 264 g/mol. The Morgan fingerprint density at radius 3 is 2.35 bits per heavy atom. The molecule has 0 aliphatic carbocycles. The van der Waals surface area contributed by atoms with Crippen molar-refractivity contribution in [3.8, 4) is 0 Å². The molecule has 1 aromatic rings. The van der Waals surface area contributed by atoms with E-state index in [0.717, 1.165) is 0 Å². The quantitative estimate of drug-likeness (QED) is 0.632. The van der Waals surface area contributed by atoms with Gasteiger partial charge in [-0.3, -0.25) is 19.7 Å². The van der Waals surface area contributed by atoms with Crippen molar-refractivity contribution in [3.05, 3.63) is 39.4 Å². The van der Waals surface area contributed by atoms with Gasteiger partial charge >= 0.3 is 5.97 Å². The van der Waals surface area contributed by atoms with Crippen molar-refractivity contribution < 1.29 is 19.6 Å². The molecule has 7 nitrogen and oxygen atoms in total. The van der Waals surface area contributed by atoms with Crippen molar-refractivity contribution >= 4 is 17.6 Å². The molecule has 1 rings (SSSR count). The lowest BCUT2D eigenvalue weighted by Gasteiger charge is -2.11. The molecule has 7 heteroatoms. The number of rotatable bonds is 5. The highest BCUT2D eigenvalue weighted by Crippen LogP contribution is 2.27. The first-order chi connectivity index (χ1) is 9.23. The maximum Gasteiger partial charge on any atom is 0.325 e. The zero-order valence-electron chi connectivity index (χ0n) is 11.4. The number of nitrogens with one attached hydrogen (secondary N) is 1. The van der Waals surface area contributed by atoms with Gasteiger partial charge in [0.2, 0.25) is 0 Å². The van der Waals surface area contributed by atoms with Gasteiger partial charge in [0.05, 0.1) is 4.92 Å². The summed E-state index contributed by atoms with van der Waals surface area (Å²) in [6.45, 7) is 4.94. The number of carbonyl (C=O) groups is 2. The van der Waals surface area contributed by atoms with Gasteiger partial charge in [-0.15, -0.1) is 0 Å². The lowest BCUT2D eigenvalue weighted by Crippen LogP contribution is -2.38. The van der Waals surface area contributed by atoms with E-state index in [2.05, 4.69) is 5.32 Å². The highest BCUT2D eigenvalue weighted by Gasteiger charge is 2.21. The van der Waals surface area contributed by atoms with Crippen molar-refractivity contribution in [1.82, 2.24) is 5.32 Å². The van der Waals surface area contributed by atoms with Crippen LogP contribution in [-0.4, -0.2) is 27.9 Å². The van der Waals surface area contributed by atoms with E-state index in [4.69, 9.17) is 5.11 Å². The number of hydrogen-bond acceptors (Lipinski definition) is 4. The van der Waals surface area contributed by atoms with Crippen LogP contribution in [0.25, 0.3) is 0 Å². The van der Waals surface area contributed by atoms with Crippen molar-refractivity contribution in [1.29, 1.82) is 0 Å². The average Bonchev–Trinajstić information content (AvgIpc) is 2.37. The van der Waals surface area contributed by atoms with Gasteiger partial charge in [0.15, 0.2) is 0 Å². The predicted octanol–water partition coefficient (Wildman–Crippen LogP) is 1.92. The Balaban J connectivity index is 3.09. The summed E-state index contributed by atoms with van der Waals surface area (Å²) >= 11 is 0. The topological polar surface area (TPSA) is 110 Å². The molecule has 1 amide bonds. The van der Waals surface area contributed by atoms with Crippen LogP contribution >= 0.6 is 0 Å². The smallest absolute Gasteiger partial charge is 0.325 e. The second-order valence-electron chi connectivity index (χ2n) is 4.72. The molecule has 0 radical (unpaired) electrons. The first kappa shape index (κ1) is 15.6. The molecule has 0 saturated heterocycles. The van der Waals surface area contributed by atoms with Gasteiger partial charge < -0.3 is 10.4 Å². The number of nitro benzene ring substituents is 1. The standard InChI is InChI=1S/C13H16N2O5/c1-7(2)10-5-4-9(6-11(10)15(19)20)12(16)14-8(3)13(17)18/h4-8H,1-3H3,(H,14,16)(H,17,18). The average molecular weight is 280 g/mol. The monoisotopic (exact) mass is 280 g/mol. The van der Waals surface area contributed by atoms with E-state index < -0.39 is 22.8 Å². The van der Waals surface area contributed by atoms with Gasteiger partial charge in [-0.25, -0.2) is 0 Å². The number of amides is 1. The van der Waals surface area contributed by atoms with Crippen LogP contribution in [0.1, 0.15) is 42.6 Å². The molecular formula is C13H16N2O5. The van der Waals surface area contributed by atoms with Crippen LogP contribution in [0.15, 0.2) is 18.2 Å². The summed E-state index contributed by atoms with van der Waals surface area (Å²) in [7, 11) is 0. The molecule has 0 aromatic heterocycles. The maximum absolute atomic E-state index is 11.8. The largest absolute Gasteiger partial charge is 0.480 e. The van der Waals surface area contributed by atoms with Crippen LogP contribution in [-0.2, 0) is 4.79 Å². The van der Waals surface area contributed by atoms with Crippen LogP contribution < -0.4 is 5.32 Å². The second kappa shape index (κ2) is 6.14. The summed E-state index contributed by atoms with van der Waals surface area (Å²) in [5, 5.41) is 22.0. The van der Waals surface area contributed by atoms with Crippen LogP contribution in [0.5, 0.6) is 0 Å². The maximum atomic E-state index is 11.8.